The zero-order valence-electron chi connectivity index (χ0n) is 11.0. The molecule has 1 aliphatic rings. The summed E-state index contributed by atoms with van der Waals surface area (Å²) in [5.41, 5.74) is 7.02. The number of ether oxygens (including phenoxy) is 1. The maximum Gasteiger partial charge on any atom is 0.196 e. The topological polar surface area (TPSA) is 50.9 Å². The van der Waals surface area contributed by atoms with Crippen molar-refractivity contribution < 1.29 is 4.74 Å². The highest BCUT2D eigenvalue weighted by molar-refractivity contribution is 5.81. The van der Waals surface area contributed by atoms with Crippen LogP contribution >= 0.6 is 0 Å². The predicted octanol–water partition coefficient (Wildman–Crippen LogP) is 2.13. The number of morpholine rings is 1. The van der Waals surface area contributed by atoms with E-state index in [9.17, 15) is 0 Å². The van der Waals surface area contributed by atoms with Gasteiger partial charge in [-0.25, -0.2) is 4.99 Å². The normalized spacial score (nSPS) is 25.2. The Morgan fingerprint density at radius 1 is 1.44 bits per heavy atom. The third-order valence-corrected chi connectivity index (χ3v) is 3.23. The average Bonchev–Trinajstić information content (AvgIpc) is 2.40. The van der Waals surface area contributed by atoms with Crippen molar-refractivity contribution in [3.05, 3.63) is 30.3 Å². The molecule has 1 aliphatic heterocycles. The molecule has 18 heavy (non-hydrogen) atoms. The molecule has 4 heteroatoms. The van der Waals surface area contributed by atoms with Gasteiger partial charge in [0.25, 0.3) is 0 Å². The van der Waals surface area contributed by atoms with Crippen molar-refractivity contribution in [2.45, 2.75) is 32.4 Å². The van der Waals surface area contributed by atoms with Crippen LogP contribution in [0.2, 0.25) is 0 Å². The maximum atomic E-state index is 6.13. The molecule has 1 saturated heterocycles. The lowest BCUT2D eigenvalue weighted by atomic mass is 10.1. The molecular weight excluding hydrogens is 226 g/mol. The minimum Gasteiger partial charge on any atom is -0.375 e. The molecule has 0 spiro atoms. The van der Waals surface area contributed by atoms with Gasteiger partial charge in [0.1, 0.15) is 0 Å². The van der Waals surface area contributed by atoms with Gasteiger partial charge in [-0.15, -0.1) is 0 Å². The summed E-state index contributed by atoms with van der Waals surface area (Å²) >= 11 is 0. The summed E-state index contributed by atoms with van der Waals surface area (Å²) in [6.45, 7) is 5.74. The highest BCUT2D eigenvalue weighted by Gasteiger charge is 2.26. The molecule has 1 heterocycles. The van der Waals surface area contributed by atoms with Crippen molar-refractivity contribution in [1.29, 1.82) is 0 Å². The summed E-state index contributed by atoms with van der Waals surface area (Å²) in [5.74, 6) is 0.586. The third-order valence-electron chi connectivity index (χ3n) is 3.23. The van der Waals surface area contributed by atoms with E-state index in [1.54, 1.807) is 0 Å². The standard InChI is InChI=1S/C14H21N3O/c1-3-13-10-18-11(2)9-17(13)14(15)16-12-7-5-4-6-8-12/h4-8,11,13H,3,9-10H2,1-2H3,(H2,15,16). The van der Waals surface area contributed by atoms with Crippen molar-refractivity contribution in [2.75, 3.05) is 13.2 Å². The van der Waals surface area contributed by atoms with Crippen LogP contribution in [0.5, 0.6) is 0 Å². The zero-order valence-corrected chi connectivity index (χ0v) is 11.0. The molecule has 1 aromatic rings. The van der Waals surface area contributed by atoms with Gasteiger partial charge in [-0.05, 0) is 25.5 Å². The van der Waals surface area contributed by atoms with Crippen LogP contribution in [-0.4, -0.2) is 36.2 Å². The van der Waals surface area contributed by atoms with E-state index >= 15 is 0 Å². The molecular formula is C14H21N3O. The van der Waals surface area contributed by atoms with E-state index < -0.39 is 0 Å². The molecule has 0 saturated carbocycles. The monoisotopic (exact) mass is 247 g/mol. The number of guanidine groups is 1. The van der Waals surface area contributed by atoms with Crippen LogP contribution in [0.25, 0.3) is 0 Å². The predicted molar refractivity (Wildman–Crippen MR) is 73.9 cm³/mol. The van der Waals surface area contributed by atoms with Gasteiger partial charge in [0, 0.05) is 6.54 Å². The molecule has 1 aromatic carbocycles. The van der Waals surface area contributed by atoms with Crippen LogP contribution in [-0.2, 0) is 4.74 Å². The van der Waals surface area contributed by atoms with E-state index in [2.05, 4.69) is 23.7 Å². The van der Waals surface area contributed by atoms with Crippen LogP contribution in [0.1, 0.15) is 20.3 Å². The Bertz CT molecular complexity index is 405. The van der Waals surface area contributed by atoms with Crippen molar-refractivity contribution in [2.24, 2.45) is 10.7 Å². The first kappa shape index (κ1) is 12.9. The fourth-order valence-corrected chi connectivity index (χ4v) is 2.16. The molecule has 0 aliphatic carbocycles. The largest absolute Gasteiger partial charge is 0.375 e. The van der Waals surface area contributed by atoms with Crippen LogP contribution in [0.4, 0.5) is 5.69 Å². The number of aliphatic imine (C=N–C) groups is 1. The van der Waals surface area contributed by atoms with Gasteiger partial charge < -0.3 is 15.4 Å². The minimum absolute atomic E-state index is 0.206. The van der Waals surface area contributed by atoms with E-state index in [1.165, 1.54) is 0 Å². The summed E-state index contributed by atoms with van der Waals surface area (Å²) in [6.07, 6.45) is 1.22. The molecule has 0 aromatic heterocycles. The first-order chi connectivity index (χ1) is 8.70. The third kappa shape index (κ3) is 3.01. The van der Waals surface area contributed by atoms with Crippen molar-refractivity contribution in [3.8, 4) is 0 Å². The number of hydrogen-bond donors (Lipinski definition) is 1. The number of rotatable bonds is 2. The highest BCUT2D eigenvalue weighted by atomic mass is 16.5. The quantitative estimate of drug-likeness (QED) is 0.643. The van der Waals surface area contributed by atoms with E-state index in [1.807, 2.05) is 30.3 Å². The molecule has 2 rings (SSSR count). The van der Waals surface area contributed by atoms with Crippen LogP contribution in [0.3, 0.4) is 0 Å². The molecule has 2 unspecified atom stereocenters. The fraction of sp³-hybridized carbons (Fsp3) is 0.500. The van der Waals surface area contributed by atoms with Crippen LogP contribution in [0, 0.1) is 0 Å². The lowest BCUT2D eigenvalue weighted by molar-refractivity contribution is -0.0288. The van der Waals surface area contributed by atoms with Crippen LogP contribution in [0.15, 0.2) is 35.3 Å². The van der Waals surface area contributed by atoms with Gasteiger partial charge in [0.05, 0.1) is 24.4 Å². The van der Waals surface area contributed by atoms with Crippen molar-refractivity contribution in [1.82, 2.24) is 4.90 Å². The average molecular weight is 247 g/mol. The van der Waals surface area contributed by atoms with Gasteiger partial charge in [-0.1, -0.05) is 25.1 Å². The van der Waals surface area contributed by atoms with Gasteiger partial charge in [-0.2, -0.15) is 0 Å². The minimum atomic E-state index is 0.206. The Hall–Kier alpha value is -1.55. The Kier molecular flexibility index (Phi) is 4.20. The summed E-state index contributed by atoms with van der Waals surface area (Å²) in [5, 5.41) is 0. The number of benzene rings is 1. The smallest absolute Gasteiger partial charge is 0.196 e. The second-order valence-electron chi connectivity index (χ2n) is 4.66. The first-order valence-corrected chi connectivity index (χ1v) is 6.48. The second-order valence-corrected chi connectivity index (χ2v) is 4.66. The molecule has 1 fully saturated rings. The van der Waals surface area contributed by atoms with Gasteiger partial charge in [-0.3, -0.25) is 0 Å². The van der Waals surface area contributed by atoms with Gasteiger partial charge in [0.15, 0.2) is 5.96 Å². The Balaban J connectivity index is 2.15. The summed E-state index contributed by atoms with van der Waals surface area (Å²) in [4.78, 5) is 6.63. The van der Waals surface area contributed by atoms with E-state index in [0.717, 1.165) is 25.3 Å². The van der Waals surface area contributed by atoms with Gasteiger partial charge in [0.2, 0.25) is 0 Å². The van der Waals surface area contributed by atoms with Crippen LogP contribution < -0.4 is 5.73 Å². The zero-order chi connectivity index (χ0) is 13.0. The Morgan fingerprint density at radius 3 is 2.83 bits per heavy atom. The molecule has 0 bridgehead atoms. The van der Waals surface area contributed by atoms with E-state index in [4.69, 9.17) is 10.5 Å². The summed E-state index contributed by atoms with van der Waals surface area (Å²) < 4.78 is 5.66. The maximum absolute atomic E-state index is 6.13. The summed E-state index contributed by atoms with van der Waals surface area (Å²) in [6, 6.07) is 10.1. The SMILES string of the molecule is CCC1COC(C)CN1C(N)=Nc1ccccc1. The Morgan fingerprint density at radius 2 is 2.17 bits per heavy atom. The van der Waals surface area contributed by atoms with Crippen molar-refractivity contribution in [3.63, 3.8) is 0 Å². The van der Waals surface area contributed by atoms with E-state index in [0.29, 0.717) is 12.0 Å². The lowest BCUT2D eigenvalue weighted by Crippen LogP contribution is -2.53. The second kappa shape index (κ2) is 5.87. The number of para-hydroxylation sites is 1. The fourth-order valence-electron chi connectivity index (χ4n) is 2.16. The molecule has 2 N–H and O–H groups in total. The highest BCUT2D eigenvalue weighted by Crippen LogP contribution is 2.16. The molecule has 4 nitrogen and oxygen atoms in total. The van der Waals surface area contributed by atoms with E-state index in [-0.39, 0.29) is 6.10 Å². The number of hydrogen-bond acceptors (Lipinski definition) is 2. The number of nitrogens with zero attached hydrogens (tertiary/aromatic N) is 2. The Labute approximate surface area is 108 Å². The molecule has 0 amide bonds. The van der Waals surface area contributed by atoms with Crippen molar-refractivity contribution >= 4 is 11.6 Å². The number of nitrogens with two attached hydrogens (primary N) is 1. The molecule has 2 atom stereocenters. The first-order valence-electron chi connectivity index (χ1n) is 6.48. The molecule has 0 radical (unpaired) electrons. The molecule has 98 valence electrons. The van der Waals surface area contributed by atoms with Gasteiger partial charge >= 0.3 is 0 Å². The lowest BCUT2D eigenvalue weighted by Gasteiger charge is -2.38. The summed E-state index contributed by atoms with van der Waals surface area (Å²) in [7, 11) is 0.